The van der Waals surface area contributed by atoms with Gasteiger partial charge in [-0.05, 0) is 61.0 Å². The van der Waals surface area contributed by atoms with Crippen molar-refractivity contribution in [3.05, 3.63) is 77.7 Å². The first kappa shape index (κ1) is 21.5. The van der Waals surface area contributed by atoms with E-state index in [9.17, 15) is 4.79 Å². The van der Waals surface area contributed by atoms with Gasteiger partial charge in [0.05, 0.1) is 19.4 Å². The SMILES string of the molecule is COc1cccc2c1OC1(C)CC2N(C(=O)c2ccco2)C(=S)N1c1ccc(C(C)C)cc1. The highest BCUT2D eigenvalue weighted by Crippen LogP contribution is 2.52. The van der Waals surface area contributed by atoms with E-state index in [1.165, 1.54) is 11.8 Å². The maximum Gasteiger partial charge on any atom is 0.296 e. The van der Waals surface area contributed by atoms with Crippen LogP contribution in [0.1, 0.15) is 60.8 Å². The predicted octanol–water partition coefficient (Wildman–Crippen LogP) is 5.90. The average molecular weight is 463 g/mol. The number of carbonyl (C=O) groups excluding carboxylic acids is 1. The van der Waals surface area contributed by atoms with Gasteiger partial charge in [-0.25, -0.2) is 0 Å². The van der Waals surface area contributed by atoms with Gasteiger partial charge in [0.15, 0.2) is 28.1 Å². The Morgan fingerprint density at radius 1 is 1.15 bits per heavy atom. The van der Waals surface area contributed by atoms with Gasteiger partial charge in [0.2, 0.25) is 0 Å². The number of hydrogen-bond donors (Lipinski definition) is 0. The first-order chi connectivity index (χ1) is 15.8. The third kappa shape index (κ3) is 3.38. The molecule has 1 aromatic heterocycles. The number of anilines is 1. The maximum atomic E-state index is 13.6. The van der Waals surface area contributed by atoms with Crippen molar-refractivity contribution in [1.82, 2.24) is 4.90 Å². The summed E-state index contributed by atoms with van der Waals surface area (Å²) in [6.45, 7) is 6.32. The monoisotopic (exact) mass is 462 g/mol. The summed E-state index contributed by atoms with van der Waals surface area (Å²) in [5.74, 6) is 1.62. The molecule has 2 atom stereocenters. The molecule has 7 heteroatoms. The fraction of sp³-hybridized carbons (Fsp3) is 0.308. The lowest BCUT2D eigenvalue weighted by Gasteiger charge is -2.55. The van der Waals surface area contributed by atoms with Crippen molar-refractivity contribution in [2.45, 2.75) is 44.9 Å². The van der Waals surface area contributed by atoms with Crippen molar-refractivity contribution in [1.29, 1.82) is 0 Å². The minimum absolute atomic E-state index is 0.243. The van der Waals surface area contributed by atoms with Gasteiger partial charge in [-0.3, -0.25) is 14.6 Å². The van der Waals surface area contributed by atoms with Crippen LogP contribution in [0.15, 0.2) is 65.3 Å². The zero-order valence-electron chi connectivity index (χ0n) is 19.1. The predicted molar refractivity (Wildman–Crippen MR) is 130 cm³/mol. The number of thiocarbonyl (C=S) groups is 1. The summed E-state index contributed by atoms with van der Waals surface area (Å²) >= 11 is 5.96. The minimum Gasteiger partial charge on any atom is -0.493 e. The third-order valence-corrected chi connectivity index (χ3v) is 6.81. The van der Waals surface area contributed by atoms with Gasteiger partial charge < -0.3 is 13.9 Å². The molecule has 33 heavy (non-hydrogen) atoms. The number of hydrogen-bond acceptors (Lipinski definition) is 5. The lowest BCUT2D eigenvalue weighted by molar-refractivity contribution is 0.0152. The molecule has 170 valence electrons. The van der Waals surface area contributed by atoms with Gasteiger partial charge in [0.1, 0.15) is 0 Å². The van der Waals surface area contributed by atoms with Crippen LogP contribution in [0.4, 0.5) is 5.69 Å². The Bertz CT molecular complexity index is 1210. The molecular formula is C26H26N2O4S. The quantitative estimate of drug-likeness (QED) is 0.450. The largest absolute Gasteiger partial charge is 0.493 e. The Kier molecular flexibility index (Phi) is 5.16. The second kappa shape index (κ2) is 7.92. The number of para-hydroxylation sites is 1. The topological polar surface area (TPSA) is 55.2 Å². The molecule has 0 aliphatic carbocycles. The third-order valence-electron chi connectivity index (χ3n) is 6.43. The standard InChI is InChI=1S/C26H26N2O4S/c1-16(2)17-10-12-18(13-11-17)28-25(33)27(24(29)22-9-6-14-31-22)20-15-26(28,3)32-23-19(20)7-5-8-21(23)30-4/h5-14,16,20H,15H2,1-4H3. The molecule has 0 saturated carbocycles. The van der Waals surface area contributed by atoms with E-state index in [0.717, 1.165) is 11.3 Å². The molecule has 2 aliphatic heterocycles. The maximum absolute atomic E-state index is 13.6. The molecule has 6 nitrogen and oxygen atoms in total. The molecule has 1 amide bonds. The molecule has 3 heterocycles. The van der Waals surface area contributed by atoms with Crippen molar-refractivity contribution in [2.75, 3.05) is 12.0 Å². The fourth-order valence-corrected chi connectivity index (χ4v) is 5.25. The molecule has 1 saturated heterocycles. The first-order valence-corrected chi connectivity index (χ1v) is 11.4. The van der Waals surface area contributed by atoms with E-state index in [2.05, 4.69) is 26.0 Å². The summed E-state index contributed by atoms with van der Waals surface area (Å²) in [5.41, 5.74) is 2.15. The summed E-state index contributed by atoms with van der Waals surface area (Å²) in [7, 11) is 1.62. The first-order valence-electron chi connectivity index (χ1n) is 11.0. The van der Waals surface area contributed by atoms with Crippen LogP contribution in [0.3, 0.4) is 0 Å². The normalized spacial score (nSPS) is 21.6. The number of fused-ring (bicyclic) bond motifs is 4. The summed E-state index contributed by atoms with van der Waals surface area (Å²) in [4.78, 5) is 17.2. The Morgan fingerprint density at radius 2 is 1.91 bits per heavy atom. The molecule has 2 aliphatic rings. The molecule has 3 aromatic rings. The average Bonchev–Trinajstić information content (AvgIpc) is 3.33. The van der Waals surface area contributed by atoms with Crippen LogP contribution in [0, 0.1) is 0 Å². The van der Waals surface area contributed by atoms with Gasteiger partial charge in [-0.15, -0.1) is 0 Å². The molecule has 2 aromatic carbocycles. The van der Waals surface area contributed by atoms with Crippen LogP contribution in [0.5, 0.6) is 11.5 Å². The smallest absolute Gasteiger partial charge is 0.296 e. The molecule has 0 N–H and O–H groups in total. The van der Waals surface area contributed by atoms with E-state index in [-0.39, 0.29) is 17.7 Å². The number of benzene rings is 2. The number of methoxy groups -OCH3 is 1. The molecular weight excluding hydrogens is 436 g/mol. The summed E-state index contributed by atoms with van der Waals surface area (Å²) in [6.07, 6.45) is 2.03. The van der Waals surface area contributed by atoms with Gasteiger partial charge in [-0.1, -0.05) is 38.1 Å². The van der Waals surface area contributed by atoms with Crippen molar-refractivity contribution < 1.29 is 18.7 Å². The molecule has 2 unspecified atom stereocenters. The van der Waals surface area contributed by atoms with Gasteiger partial charge in [-0.2, -0.15) is 0 Å². The summed E-state index contributed by atoms with van der Waals surface area (Å²) in [5, 5.41) is 0.376. The number of carbonyl (C=O) groups is 1. The second-order valence-corrected chi connectivity index (χ2v) is 9.26. The minimum atomic E-state index is -0.803. The van der Waals surface area contributed by atoms with Crippen LogP contribution >= 0.6 is 12.2 Å². The van der Waals surface area contributed by atoms with Crippen LogP contribution in [0.2, 0.25) is 0 Å². The highest BCUT2D eigenvalue weighted by molar-refractivity contribution is 7.80. The zero-order valence-corrected chi connectivity index (χ0v) is 19.9. The number of furan rings is 1. The van der Waals surface area contributed by atoms with Gasteiger partial charge >= 0.3 is 0 Å². The molecule has 0 spiro atoms. The molecule has 2 bridgehead atoms. The van der Waals surface area contributed by atoms with Gasteiger partial charge in [0.25, 0.3) is 5.91 Å². The molecule has 0 radical (unpaired) electrons. The van der Waals surface area contributed by atoms with E-state index in [1.54, 1.807) is 24.1 Å². The fourth-order valence-electron chi connectivity index (χ4n) is 4.75. The molecule has 5 rings (SSSR count). The Labute approximate surface area is 198 Å². The number of nitrogens with zero attached hydrogens (tertiary/aromatic N) is 2. The molecule has 1 fully saturated rings. The Balaban J connectivity index is 1.67. The van der Waals surface area contributed by atoms with E-state index in [0.29, 0.717) is 29.0 Å². The van der Waals surface area contributed by atoms with E-state index in [1.807, 2.05) is 42.2 Å². The van der Waals surface area contributed by atoms with Crippen LogP contribution < -0.4 is 14.4 Å². The van der Waals surface area contributed by atoms with Crippen molar-refractivity contribution in [3.63, 3.8) is 0 Å². The van der Waals surface area contributed by atoms with E-state index < -0.39 is 5.72 Å². The summed E-state index contributed by atoms with van der Waals surface area (Å²) < 4.78 is 17.7. The number of ether oxygens (including phenoxy) is 2. The lowest BCUT2D eigenvalue weighted by Crippen LogP contribution is -2.67. The Hall–Kier alpha value is -3.32. The number of rotatable bonds is 4. The van der Waals surface area contributed by atoms with Crippen LogP contribution in [0.25, 0.3) is 0 Å². The zero-order chi connectivity index (χ0) is 23.3. The van der Waals surface area contributed by atoms with Crippen molar-refractivity contribution in [3.8, 4) is 11.5 Å². The van der Waals surface area contributed by atoms with Gasteiger partial charge in [0, 0.05) is 17.7 Å². The van der Waals surface area contributed by atoms with E-state index in [4.69, 9.17) is 26.1 Å². The van der Waals surface area contributed by atoms with Crippen LogP contribution in [-0.2, 0) is 0 Å². The summed E-state index contributed by atoms with van der Waals surface area (Å²) in [6, 6.07) is 17.0. The van der Waals surface area contributed by atoms with Crippen LogP contribution in [-0.4, -0.2) is 28.8 Å². The number of amides is 1. The highest BCUT2D eigenvalue weighted by Gasteiger charge is 2.54. The Morgan fingerprint density at radius 3 is 2.55 bits per heavy atom. The van der Waals surface area contributed by atoms with E-state index >= 15 is 0 Å². The van der Waals surface area contributed by atoms with Crippen molar-refractivity contribution >= 4 is 28.9 Å². The van der Waals surface area contributed by atoms with Crippen molar-refractivity contribution in [2.24, 2.45) is 0 Å². The second-order valence-electron chi connectivity index (χ2n) is 8.89. The lowest BCUT2D eigenvalue weighted by atomic mass is 9.88. The highest BCUT2D eigenvalue weighted by atomic mass is 32.1.